The Kier molecular flexibility index (Phi) is 1.28. The average Bonchev–Trinajstić information content (AvgIpc) is 2.30. The Morgan fingerprint density at radius 2 is 1.45 bits per heavy atom. The van der Waals surface area contributed by atoms with Crippen molar-refractivity contribution in [3.63, 3.8) is 0 Å². The minimum Gasteiger partial charge on any atom is -0.136 e. The maximum absolute atomic E-state index is 3.15. The minimum atomic E-state index is 1.22. The molecule has 0 saturated heterocycles. The van der Waals surface area contributed by atoms with Crippen LogP contribution in [0.5, 0.6) is 0 Å². The highest BCUT2D eigenvalue weighted by atomic mass is 15.2. The Bertz CT molecular complexity index is 365. The number of rotatable bonds is 0. The summed E-state index contributed by atoms with van der Waals surface area (Å²) in [7, 11) is 4.00. The first-order valence-electron chi connectivity index (χ1n) is 3.62. The smallest absolute Gasteiger partial charge is 0.136 e. The van der Waals surface area contributed by atoms with Gasteiger partial charge in [-0.15, -0.1) is 9.15 Å². The number of fused-ring (bicyclic) bond motifs is 1. The van der Waals surface area contributed by atoms with E-state index in [0.29, 0.717) is 0 Å². The largest absolute Gasteiger partial charge is 0.644 e. The molecule has 1 aromatic rings. The molecule has 1 aliphatic heterocycles. The highest BCUT2D eigenvalue weighted by molar-refractivity contribution is 5.05. The van der Waals surface area contributed by atoms with E-state index in [2.05, 4.69) is 18.8 Å². The van der Waals surface area contributed by atoms with E-state index in [-0.39, 0.29) is 0 Å². The van der Waals surface area contributed by atoms with Crippen molar-refractivity contribution in [2.24, 2.45) is 0 Å². The summed E-state index contributed by atoms with van der Waals surface area (Å²) in [6.07, 6.45) is 0. The monoisotopic (exact) mass is 146 g/mol. The summed E-state index contributed by atoms with van der Waals surface area (Å²) in [4.78, 5) is 0. The second-order valence-electron chi connectivity index (χ2n) is 2.71. The molecule has 0 N–H and O–H groups in total. The molecule has 11 heavy (non-hydrogen) atoms. The quantitative estimate of drug-likeness (QED) is 0.411. The molecule has 0 amide bonds. The third kappa shape index (κ3) is 0.862. The van der Waals surface area contributed by atoms with E-state index in [1.807, 2.05) is 35.4 Å². The molecule has 2 rings (SSSR count). The zero-order chi connectivity index (χ0) is 7.84. The number of benzene rings is 1. The first-order chi connectivity index (χ1) is 5.29. The van der Waals surface area contributed by atoms with Crippen molar-refractivity contribution < 1.29 is 0 Å². The first-order valence-corrected chi connectivity index (χ1v) is 3.62. The van der Waals surface area contributed by atoms with Gasteiger partial charge >= 0.3 is 6.67 Å². The molecular formula is C9H10N2+2. The van der Waals surface area contributed by atoms with E-state index in [1.54, 1.807) is 0 Å². The van der Waals surface area contributed by atoms with Crippen molar-refractivity contribution in [2.45, 2.75) is 0 Å². The summed E-state index contributed by atoms with van der Waals surface area (Å²) in [5.74, 6) is 0. The van der Waals surface area contributed by atoms with Crippen LogP contribution in [0.2, 0.25) is 0 Å². The molecule has 0 fully saturated rings. The van der Waals surface area contributed by atoms with Crippen LogP contribution in [0.15, 0.2) is 24.3 Å². The van der Waals surface area contributed by atoms with Crippen molar-refractivity contribution in [1.29, 1.82) is 0 Å². The third-order valence-corrected chi connectivity index (χ3v) is 1.90. The van der Waals surface area contributed by atoms with E-state index < -0.39 is 0 Å². The average molecular weight is 146 g/mol. The van der Waals surface area contributed by atoms with Gasteiger partial charge in [0.05, 0.1) is 0 Å². The molecule has 1 heterocycles. The van der Waals surface area contributed by atoms with Gasteiger partial charge in [0.15, 0.2) is 0 Å². The Labute approximate surface area is 65.7 Å². The lowest BCUT2D eigenvalue weighted by atomic mass is 10.3. The van der Waals surface area contributed by atoms with Crippen molar-refractivity contribution in [2.75, 3.05) is 14.1 Å². The van der Waals surface area contributed by atoms with Gasteiger partial charge in [-0.1, -0.05) is 12.1 Å². The molecule has 0 aromatic heterocycles. The topological polar surface area (TPSA) is 6.02 Å². The van der Waals surface area contributed by atoms with Gasteiger partial charge in [-0.3, -0.25) is 0 Å². The van der Waals surface area contributed by atoms with Crippen molar-refractivity contribution in [3.05, 3.63) is 41.6 Å². The van der Waals surface area contributed by atoms with Crippen LogP contribution in [0.3, 0.4) is 0 Å². The molecule has 0 spiro atoms. The van der Waals surface area contributed by atoms with Crippen LogP contribution in [-0.2, 0) is 0 Å². The molecule has 2 radical (unpaired) electrons. The summed E-state index contributed by atoms with van der Waals surface area (Å²) in [5, 5.41) is 2.44. The van der Waals surface area contributed by atoms with E-state index in [0.717, 1.165) is 0 Å². The van der Waals surface area contributed by atoms with Gasteiger partial charge in [0.1, 0.15) is 14.1 Å². The molecule has 0 bridgehead atoms. The molecule has 2 nitrogen and oxygen atoms in total. The van der Waals surface area contributed by atoms with Crippen LogP contribution in [-0.4, -0.2) is 14.1 Å². The first kappa shape index (κ1) is 6.53. The molecule has 1 aromatic carbocycles. The molecule has 54 valence electrons. The SMILES string of the molecule is C[N+]1=c2ccccc2=[N+](C)[C]1. The summed E-state index contributed by atoms with van der Waals surface area (Å²) in [6.45, 7) is 3.15. The fraction of sp³-hybridized carbons (Fsp3) is 0.222. The van der Waals surface area contributed by atoms with Crippen LogP contribution in [0.25, 0.3) is 0 Å². The fourth-order valence-corrected chi connectivity index (χ4v) is 1.36. The molecule has 0 atom stereocenters. The second kappa shape index (κ2) is 2.16. The Hall–Kier alpha value is -1.18. The van der Waals surface area contributed by atoms with Gasteiger partial charge in [-0.2, -0.15) is 0 Å². The summed E-state index contributed by atoms with van der Waals surface area (Å²) < 4.78 is 3.99. The third-order valence-electron chi connectivity index (χ3n) is 1.90. The van der Waals surface area contributed by atoms with Gasteiger partial charge in [0, 0.05) is 12.1 Å². The van der Waals surface area contributed by atoms with Crippen molar-refractivity contribution in [1.82, 2.24) is 9.15 Å². The summed E-state index contributed by atoms with van der Waals surface area (Å²) in [6, 6.07) is 8.25. The van der Waals surface area contributed by atoms with Crippen LogP contribution in [0.4, 0.5) is 0 Å². The van der Waals surface area contributed by atoms with Gasteiger partial charge in [-0.25, -0.2) is 0 Å². The van der Waals surface area contributed by atoms with Gasteiger partial charge < -0.3 is 0 Å². The summed E-state index contributed by atoms with van der Waals surface area (Å²) in [5.41, 5.74) is 0. The lowest BCUT2D eigenvalue weighted by Gasteiger charge is -1.73. The number of hydrogen-bond acceptors (Lipinski definition) is 0. The molecule has 0 aliphatic carbocycles. The molecule has 0 saturated carbocycles. The van der Waals surface area contributed by atoms with E-state index in [4.69, 9.17) is 0 Å². The van der Waals surface area contributed by atoms with E-state index >= 15 is 0 Å². The maximum Gasteiger partial charge on any atom is 0.644 e. The predicted octanol–water partition coefficient (Wildman–Crippen LogP) is -1.06. The molecule has 2 heteroatoms. The molecular weight excluding hydrogens is 136 g/mol. The van der Waals surface area contributed by atoms with E-state index in [9.17, 15) is 0 Å². The predicted molar refractivity (Wildman–Crippen MR) is 43.3 cm³/mol. The van der Waals surface area contributed by atoms with Crippen LogP contribution in [0.1, 0.15) is 0 Å². The summed E-state index contributed by atoms with van der Waals surface area (Å²) >= 11 is 0. The Morgan fingerprint density at radius 1 is 1.00 bits per heavy atom. The van der Waals surface area contributed by atoms with Gasteiger partial charge in [0.25, 0.3) is 10.7 Å². The number of hydrogen-bond donors (Lipinski definition) is 0. The number of nitrogens with zero attached hydrogens (tertiary/aromatic N) is 2. The van der Waals surface area contributed by atoms with Gasteiger partial charge in [-0.05, 0) is 0 Å². The lowest BCUT2D eigenvalue weighted by Crippen LogP contribution is -2.32. The zero-order valence-electron chi connectivity index (χ0n) is 6.70. The van der Waals surface area contributed by atoms with Gasteiger partial charge in [0.2, 0.25) is 0 Å². The fourth-order valence-electron chi connectivity index (χ4n) is 1.36. The number of para-hydroxylation sites is 2. The van der Waals surface area contributed by atoms with E-state index in [1.165, 1.54) is 10.7 Å². The molecule has 0 unspecified atom stereocenters. The van der Waals surface area contributed by atoms with Crippen LogP contribution < -0.4 is 19.9 Å². The van der Waals surface area contributed by atoms with Crippen molar-refractivity contribution in [3.8, 4) is 0 Å². The van der Waals surface area contributed by atoms with Crippen LogP contribution >= 0.6 is 0 Å². The maximum atomic E-state index is 3.15. The van der Waals surface area contributed by atoms with Crippen LogP contribution in [0, 0.1) is 6.67 Å². The normalized spacial score (nSPS) is 15.5. The van der Waals surface area contributed by atoms with Crippen molar-refractivity contribution >= 4 is 0 Å². The highest BCUT2D eigenvalue weighted by Crippen LogP contribution is 1.77. The lowest BCUT2D eigenvalue weighted by molar-refractivity contribution is 0.696. The zero-order valence-corrected chi connectivity index (χ0v) is 6.70. The standard InChI is InChI=1S/C9H10N2/c1-10-7-11(2)9-6-4-3-5-8(9)10/h3-6H,1-2H3/q+2. The molecule has 1 aliphatic rings. The minimum absolute atomic E-state index is 1.22. The second-order valence-corrected chi connectivity index (χ2v) is 2.71. The highest BCUT2D eigenvalue weighted by Gasteiger charge is 2.25. The Morgan fingerprint density at radius 3 is 1.91 bits per heavy atom. The Balaban J connectivity index is 2.98.